The van der Waals surface area contributed by atoms with Gasteiger partial charge < -0.3 is 15.0 Å². The highest BCUT2D eigenvalue weighted by Crippen LogP contribution is 2.27. The summed E-state index contributed by atoms with van der Waals surface area (Å²) in [5.41, 5.74) is 0.746. The molecule has 0 radical (unpaired) electrons. The van der Waals surface area contributed by atoms with E-state index >= 15 is 0 Å². The lowest BCUT2D eigenvalue weighted by Gasteiger charge is -2.32. The monoisotopic (exact) mass is 314 g/mol. The first kappa shape index (κ1) is 16.1. The van der Waals surface area contributed by atoms with Gasteiger partial charge >= 0.3 is 6.09 Å². The third-order valence-corrected chi connectivity index (χ3v) is 4.45. The summed E-state index contributed by atoms with van der Waals surface area (Å²) < 4.78 is 4.98. The summed E-state index contributed by atoms with van der Waals surface area (Å²) >= 11 is 6.14. The Labute approximate surface area is 130 Å². The second-order valence-electron chi connectivity index (χ2n) is 5.52. The van der Waals surface area contributed by atoms with Gasteiger partial charge in [0.15, 0.2) is 0 Å². The largest absolute Gasteiger partial charge is 0.450 e. The van der Waals surface area contributed by atoms with Gasteiger partial charge in [0.05, 0.1) is 6.61 Å². The number of carbonyl (C=O) groups excluding carboxylic acids is 2. The predicted octanol–water partition coefficient (Wildman–Crippen LogP) is 2.79. The van der Waals surface area contributed by atoms with Crippen molar-refractivity contribution in [2.45, 2.75) is 51.5 Å². The van der Waals surface area contributed by atoms with Crippen molar-refractivity contribution >= 4 is 23.6 Å². The van der Waals surface area contributed by atoms with Crippen LogP contribution in [-0.4, -0.2) is 42.6 Å². The van der Waals surface area contributed by atoms with E-state index in [1.54, 1.807) is 11.8 Å². The molecule has 0 unspecified atom stereocenters. The lowest BCUT2D eigenvalue weighted by molar-refractivity contribution is -0.118. The molecule has 1 heterocycles. The molecule has 1 aliphatic carbocycles. The Balaban J connectivity index is 1.81. The number of hydrogen-bond donors (Lipinski definition) is 1. The highest BCUT2D eigenvalue weighted by Gasteiger charge is 2.26. The summed E-state index contributed by atoms with van der Waals surface area (Å²) in [5, 5.41) is 3.76. The van der Waals surface area contributed by atoms with Crippen LogP contribution in [0.3, 0.4) is 0 Å². The molecule has 1 aliphatic heterocycles. The molecule has 1 fully saturated rings. The van der Waals surface area contributed by atoms with E-state index in [-0.39, 0.29) is 18.0 Å². The zero-order chi connectivity index (χ0) is 15.2. The van der Waals surface area contributed by atoms with Gasteiger partial charge in [0.1, 0.15) is 0 Å². The van der Waals surface area contributed by atoms with Crippen molar-refractivity contribution in [1.29, 1.82) is 0 Å². The molecule has 1 N–H and O–H groups in total. The smallest absolute Gasteiger partial charge is 0.409 e. The van der Waals surface area contributed by atoms with Crippen LogP contribution < -0.4 is 5.32 Å². The summed E-state index contributed by atoms with van der Waals surface area (Å²) in [6, 6.07) is 0.113. The minimum Gasteiger partial charge on any atom is -0.450 e. The number of nitrogens with zero attached hydrogens (tertiary/aromatic N) is 1. The number of halogens is 1. The van der Waals surface area contributed by atoms with E-state index in [0.29, 0.717) is 24.7 Å². The number of carbonyl (C=O) groups is 2. The Morgan fingerprint density at radius 2 is 1.95 bits per heavy atom. The third kappa shape index (κ3) is 4.37. The lowest BCUT2D eigenvalue weighted by Crippen LogP contribution is -2.47. The molecule has 0 saturated carbocycles. The van der Waals surface area contributed by atoms with Gasteiger partial charge in [-0.3, -0.25) is 4.79 Å². The van der Waals surface area contributed by atoms with Crippen LogP contribution in [0, 0.1) is 0 Å². The summed E-state index contributed by atoms with van der Waals surface area (Å²) in [6.07, 6.45) is 4.93. The Morgan fingerprint density at radius 1 is 1.29 bits per heavy atom. The van der Waals surface area contributed by atoms with Gasteiger partial charge in [-0.1, -0.05) is 11.6 Å². The van der Waals surface area contributed by atoms with Crippen molar-refractivity contribution in [2.75, 3.05) is 19.7 Å². The zero-order valence-corrected chi connectivity index (χ0v) is 13.2. The Morgan fingerprint density at radius 3 is 2.57 bits per heavy atom. The van der Waals surface area contributed by atoms with Crippen molar-refractivity contribution in [3.8, 4) is 0 Å². The fourth-order valence-corrected chi connectivity index (χ4v) is 3.11. The van der Waals surface area contributed by atoms with E-state index < -0.39 is 0 Å². The third-order valence-electron chi connectivity index (χ3n) is 4.03. The lowest BCUT2D eigenvalue weighted by atomic mass is 9.97. The molecule has 21 heavy (non-hydrogen) atoms. The first-order valence-corrected chi connectivity index (χ1v) is 8.09. The molecule has 0 bridgehead atoms. The summed E-state index contributed by atoms with van der Waals surface area (Å²) in [5.74, 6) is -0.0331. The van der Waals surface area contributed by atoms with Crippen LogP contribution in [0.4, 0.5) is 4.79 Å². The van der Waals surface area contributed by atoms with Gasteiger partial charge in [-0.05, 0) is 45.4 Å². The average Bonchev–Trinajstić information content (AvgIpc) is 2.48. The van der Waals surface area contributed by atoms with Crippen molar-refractivity contribution in [3.63, 3.8) is 0 Å². The Hall–Kier alpha value is -1.23. The normalized spacial score (nSPS) is 20.4. The number of nitrogens with one attached hydrogen (secondary N) is 1. The number of rotatable bonds is 3. The fraction of sp³-hybridized carbons (Fsp3) is 0.733. The van der Waals surface area contributed by atoms with Crippen LogP contribution in [0.15, 0.2) is 10.6 Å². The molecule has 2 aliphatic rings. The molecule has 0 spiro atoms. The predicted molar refractivity (Wildman–Crippen MR) is 81.1 cm³/mol. The molecule has 0 aromatic carbocycles. The first-order valence-electron chi connectivity index (χ1n) is 7.72. The van der Waals surface area contributed by atoms with Crippen molar-refractivity contribution < 1.29 is 14.3 Å². The topological polar surface area (TPSA) is 58.6 Å². The van der Waals surface area contributed by atoms with E-state index in [4.69, 9.17) is 16.3 Å². The van der Waals surface area contributed by atoms with Crippen molar-refractivity contribution in [1.82, 2.24) is 10.2 Å². The maximum Gasteiger partial charge on any atom is 0.409 e. The van der Waals surface area contributed by atoms with Gasteiger partial charge in [0, 0.05) is 29.7 Å². The summed E-state index contributed by atoms with van der Waals surface area (Å²) in [7, 11) is 0. The molecular weight excluding hydrogens is 292 g/mol. The number of likely N-dealkylation sites (tertiary alicyclic amines) is 1. The van der Waals surface area contributed by atoms with Crippen molar-refractivity contribution in [2.24, 2.45) is 0 Å². The molecule has 6 heteroatoms. The SMILES string of the molecule is CCOC(=O)N1CCC(NC(=O)C2=C(Cl)CCCC2)CC1. The van der Waals surface area contributed by atoms with Gasteiger partial charge in [0.2, 0.25) is 5.91 Å². The van der Waals surface area contributed by atoms with Crippen LogP contribution in [0.25, 0.3) is 0 Å². The summed E-state index contributed by atoms with van der Waals surface area (Å²) in [4.78, 5) is 25.5. The van der Waals surface area contributed by atoms with Gasteiger partial charge in [0.25, 0.3) is 0 Å². The van der Waals surface area contributed by atoms with Crippen LogP contribution in [0.5, 0.6) is 0 Å². The van der Waals surface area contributed by atoms with Crippen LogP contribution in [0.2, 0.25) is 0 Å². The molecule has 1 saturated heterocycles. The molecular formula is C15H23ClN2O3. The minimum absolute atomic E-state index is 0.0331. The second-order valence-corrected chi connectivity index (χ2v) is 5.98. The van der Waals surface area contributed by atoms with Crippen molar-refractivity contribution in [3.05, 3.63) is 10.6 Å². The number of ether oxygens (including phenoxy) is 1. The molecule has 0 aromatic heterocycles. The van der Waals surface area contributed by atoms with E-state index in [0.717, 1.165) is 44.1 Å². The van der Waals surface area contributed by atoms with Gasteiger partial charge in [-0.2, -0.15) is 0 Å². The Kier molecular flexibility index (Phi) is 5.91. The standard InChI is InChI=1S/C15H23ClN2O3/c1-2-21-15(20)18-9-7-11(8-10-18)17-14(19)12-5-3-4-6-13(12)16/h11H,2-10H2,1H3,(H,17,19). The number of allylic oxidation sites excluding steroid dienone is 1. The van der Waals surface area contributed by atoms with E-state index in [1.165, 1.54) is 0 Å². The van der Waals surface area contributed by atoms with Crippen LogP contribution >= 0.6 is 11.6 Å². The Bertz CT molecular complexity index is 429. The first-order chi connectivity index (χ1) is 10.1. The van der Waals surface area contributed by atoms with Crippen LogP contribution in [-0.2, 0) is 9.53 Å². The second kappa shape index (κ2) is 7.69. The fourth-order valence-electron chi connectivity index (χ4n) is 2.80. The molecule has 2 rings (SSSR count). The maximum atomic E-state index is 12.2. The molecule has 118 valence electrons. The van der Waals surface area contributed by atoms with E-state index in [2.05, 4.69) is 5.32 Å². The molecule has 0 aromatic rings. The highest BCUT2D eigenvalue weighted by molar-refractivity contribution is 6.32. The quantitative estimate of drug-likeness (QED) is 0.871. The van der Waals surface area contributed by atoms with E-state index in [9.17, 15) is 9.59 Å². The maximum absolute atomic E-state index is 12.2. The number of amides is 2. The van der Waals surface area contributed by atoms with E-state index in [1.807, 2.05) is 0 Å². The zero-order valence-electron chi connectivity index (χ0n) is 12.5. The molecule has 2 amide bonds. The molecule has 0 atom stereocenters. The minimum atomic E-state index is -0.264. The van der Waals surface area contributed by atoms with Gasteiger partial charge in [-0.15, -0.1) is 0 Å². The number of hydrogen-bond acceptors (Lipinski definition) is 3. The average molecular weight is 315 g/mol. The van der Waals surface area contributed by atoms with Gasteiger partial charge in [-0.25, -0.2) is 4.79 Å². The number of piperidine rings is 1. The highest BCUT2D eigenvalue weighted by atomic mass is 35.5. The van der Waals surface area contributed by atoms with Crippen LogP contribution in [0.1, 0.15) is 45.4 Å². The summed E-state index contributed by atoms with van der Waals surface area (Å²) in [6.45, 7) is 3.43. The molecule has 5 nitrogen and oxygen atoms in total.